The number of aliphatic hydroxyl groups is 1. The van der Waals surface area contributed by atoms with Gasteiger partial charge in [-0.05, 0) is 37.3 Å². The van der Waals surface area contributed by atoms with Gasteiger partial charge in [0.05, 0.1) is 11.0 Å². The molecular weight excluding hydrogens is 296 g/mol. The highest BCUT2D eigenvalue weighted by Gasteiger charge is 2.27. The second-order valence-corrected chi connectivity index (χ2v) is 7.38. The van der Waals surface area contributed by atoms with Crippen LogP contribution in [-0.2, 0) is 9.84 Å². The fourth-order valence-electron chi connectivity index (χ4n) is 2.64. The predicted octanol–water partition coefficient (Wildman–Crippen LogP) is 1.57. The van der Waals surface area contributed by atoms with Crippen LogP contribution in [0.3, 0.4) is 0 Å². The number of aliphatic hydroxyl groups excluding tert-OH is 1. The molecule has 0 bridgehead atoms. The monoisotopic (exact) mass is 314 g/mol. The Morgan fingerprint density at radius 1 is 1.43 bits per heavy atom. The minimum absolute atomic E-state index is 0.198. The fraction of sp³-hybridized carbons (Fsp3) is 0.538. The van der Waals surface area contributed by atoms with Gasteiger partial charge in [-0.25, -0.2) is 8.42 Å². The van der Waals surface area contributed by atoms with Crippen molar-refractivity contribution >= 4 is 21.2 Å². The van der Waals surface area contributed by atoms with Crippen LogP contribution in [0.25, 0.3) is 0 Å². The first-order chi connectivity index (χ1) is 9.79. The molecule has 2 N–H and O–H groups in total. The van der Waals surface area contributed by atoms with Crippen molar-refractivity contribution in [2.45, 2.75) is 30.3 Å². The lowest BCUT2D eigenvalue weighted by Gasteiger charge is -2.13. The molecule has 21 heavy (non-hydrogen) atoms. The molecule has 116 valence electrons. The number of para-hydroxylation sites is 1. The van der Waals surface area contributed by atoms with Gasteiger partial charge in [-0.3, -0.25) is 10.1 Å². The Balaban J connectivity index is 2.25. The average molecular weight is 314 g/mol. The zero-order valence-corrected chi connectivity index (χ0v) is 12.5. The van der Waals surface area contributed by atoms with Gasteiger partial charge in [-0.2, -0.15) is 0 Å². The quantitative estimate of drug-likeness (QED) is 0.630. The van der Waals surface area contributed by atoms with Crippen LogP contribution in [0.2, 0.25) is 0 Å². The molecule has 0 radical (unpaired) electrons. The van der Waals surface area contributed by atoms with Crippen LogP contribution in [-0.4, -0.2) is 37.4 Å². The molecule has 1 aromatic rings. The number of nitro benzene ring substituents is 1. The van der Waals surface area contributed by atoms with Crippen molar-refractivity contribution in [2.24, 2.45) is 5.92 Å². The Morgan fingerprint density at radius 2 is 2.14 bits per heavy atom. The topological polar surface area (TPSA) is 110 Å². The van der Waals surface area contributed by atoms with Gasteiger partial charge >= 0.3 is 5.69 Å². The molecule has 0 saturated heterocycles. The van der Waals surface area contributed by atoms with Crippen molar-refractivity contribution in [3.8, 4) is 0 Å². The summed E-state index contributed by atoms with van der Waals surface area (Å²) in [6.45, 7) is 0.477. The SMILES string of the molecule is CS(=O)(=O)c1cccc(NCC2CCC(O)C2)c1[N+](=O)[O-]. The molecule has 0 spiro atoms. The summed E-state index contributed by atoms with van der Waals surface area (Å²) in [4.78, 5) is 10.2. The summed E-state index contributed by atoms with van der Waals surface area (Å²) >= 11 is 0. The summed E-state index contributed by atoms with van der Waals surface area (Å²) < 4.78 is 23.3. The number of nitro groups is 1. The predicted molar refractivity (Wildman–Crippen MR) is 78.0 cm³/mol. The Morgan fingerprint density at radius 3 is 2.67 bits per heavy atom. The lowest BCUT2D eigenvalue weighted by molar-refractivity contribution is -0.386. The lowest BCUT2D eigenvalue weighted by Crippen LogP contribution is -2.14. The highest BCUT2D eigenvalue weighted by molar-refractivity contribution is 7.90. The van der Waals surface area contributed by atoms with Crippen molar-refractivity contribution in [3.05, 3.63) is 28.3 Å². The lowest BCUT2D eigenvalue weighted by atomic mass is 10.1. The maximum absolute atomic E-state index is 11.6. The van der Waals surface area contributed by atoms with Gasteiger partial charge in [-0.15, -0.1) is 0 Å². The molecule has 0 aromatic heterocycles. The van der Waals surface area contributed by atoms with Gasteiger partial charge in [0, 0.05) is 12.8 Å². The van der Waals surface area contributed by atoms with E-state index in [9.17, 15) is 23.6 Å². The zero-order chi connectivity index (χ0) is 15.6. The fourth-order valence-corrected chi connectivity index (χ4v) is 3.50. The normalized spacial score (nSPS) is 22.2. The van der Waals surface area contributed by atoms with Gasteiger partial charge in [0.15, 0.2) is 9.84 Å². The zero-order valence-electron chi connectivity index (χ0n) is 11.7. The molecule has 1 aliphatic carbocycles. The first-order valence-electron chi connectivity index (χ1n) is 6.68. The third-order valence-electron chi connectivity index (χ3n) is 3.68. The first kappa shape index (κ1) is 15.7. The molecule has 1 fully saturated rings. The minimum atomic E-state index is -3.67. The summed E-state index contributed by atoms with van der Waals surface area (Å²) in [6.07, 6.45) is 2.89. The maximum atomic E-state index is 11.6. The first-order valence-corrected chi connectivity index (χ1v) is 8.57. The van der Waals surface area contributed by atoms with Crippen LogP contribution in [0.15, 0.2) is 23.1 Å². The Labute approximate surface area is 123 Å². The molecular formula is C13H18N2O5S. The summed E-state index contributed by atoms with van der Waals surface area (Å²) in [6, 6.07) is 4.21. The molecule has 1 aromatic carbocycles. The average Bonchev–Trinajstić information content (AvgIpc) is 2.80. The van der Waals surface area contributed by atoms with E-state index in [0.29, 0.717) is 13.0 Å². The van der Waals surface area contributed by atoms with E-state index in [0.717, 1.165) is 19.1 Å². The van der Waals surface area contributed by atoms with Gasteiger partial charge < -0.3 is 10.4 Å². The van der Waals surface area contributed by atoms with Crippen molar-refractivity contribution < 1.29 is 18.4 Å². The van der Waals surface area contributed by atoms with Gasteiger partial charge in [0.25, 0.3) is 0 Å². The maximum Gasteiger partial charge on any atom is 0.310 e. The number of rotatable bonds is 5. The third kappa shape index (κ3) is 3.70. The third-order valence-corrected chi connectivity index (χ3v) is 4.80. The van der Waals surface area contributed by atoms with Crippen molar-refractivity contribution in [1.29, 1.82) is 0 Å². The van der Waals surface area contributed by atoms with Gasteiger partial charge in [0.1, 0.15) is 10.6 Å². The summed E-state index contributed by atoms with van der Waals surface area (Å²) in [5.74, 6) is 0.237. The van der Waals surface area contributed by atoms with Crippen LogP contribution in [0.5, 0.6) is 0 Å². The number of nitrogens with zero attached hydrogens (tertiary/aromatic N) is 1. The van der Waals surface area contributed by atoms with E-state index in [-0.39, 0.29) is 22.6 Å². The Hall–Kier alpha value is -1.67. The van der Waals surface area contributed by atoms with E-state index in [4.69, 9.17) is 0 Å². The van der Waals surface area contributed by atoms with Crippen molar-refractivity contribution in [3.63, 3.8) is 0 Å². The second kappa shape index (κ2) is 5.98. The molecule has 2 atom stereocenters. The summed E-state index contributed by atoms with van der Waals surface area (Å²) in [5, 5.41) is 23.6. The van der Waals surface area contributed by atoms with Crippen molar-refractivity contribution in [2.75, 3.05) is 18.1 Å². The van der Waals surface area contributed by atoms with Crippen LogP contribution in [0.4, 0.5) is 11.4 Å². The highest BCUT2D eigenvalue weighted by Crippen LogP contribution is 2.33. The Kier molecular flexibility index (Phi) is 4.48. The molecule has 2 rings (SSSR count). The van der Waals surface area contributed by atoms with E-state index in [1.54, 1.807) is 0 Å². The molecule has 0 heterocycles. The smallest absolute Gasteiger partial charge is 0.310 e. The minimum Gasteiger partial charge on any atom is -0.393 e. The summed E-state index contributed by atoms with van der Waals surface area (Å²) in [5.41, 5.74) is -0.220. The Bertz CT molecular complexity index is 644. The van der Waals surface area contributed by atoms with Gasteiger partial charge in [-0.1, -0.05) is 6.07 Å². The van der Waals surface area contributed by atoms with E-state index >= 15 is 0 Å². The molecule has 0 amide bonds. The molecule has 8 heteroatoms. The molecule has 7 nitrogen and oxygen atoms in total. The van der Waals surface area contributed by atoms with Gasteiger partial charge in [0.2, 0.25) is 0 Å². The van der Waals surface area contributed by atoms with E-state index in [1.807, 2.05) is 0 Å². The van der Waals surface area contributed by atoms with Crippen LogP contribution >= 0.6 is 0 Å². The van der Waals surface area contributed by atoms with E-state index < -0.39 is 20.4 Å². The van der Waals surface area contributed by atoms with E-state index in [2.05, 4.69) is 5.32 Å². The van der Waals surface area contributed by atoms with Crippen LogP contribution in [0, 0.1) is 16.0 Å². The number of sulfone groups is 1. The van der Waals surface area contributed by atoms with Crippen LogP contribution < -0.4 is 5.32 Å². The molecule has 1 saturated carbocycles. The molecule has 0 aliphatic heterocycles. The molecule has 2 unspecified atom stereocenters. The number of hydrogen-bond acceptors (Lipinski definition) is 6. The number of hydrogen-bond donors (Lipinski definition) is 2. The van der Waals surface area contributed by atoms with Crippen molar-refractivity contribution in [1.82, 2.24) is 0 Å². The van der Waals surface area contributed by atoms with E-state index in [1.165, 1.54) is 18.2 Å². The van der Waals surface area contributed by atoms with Crippen LogP contribution in [0.1, 0.15) is 19.3 Å². The summed E-state index contributed by atoms with van der Waals surface area (Å²) in [7, 11) is -3.67. The number of nitrogens with one attached hydrogen (secondary N) is 1. The second-order valence-electron chi connectivity index (χ2n) is 5.40. The largest absolute Gasteiger partial charge is 0.393 e. The highest BCUT2D eigenvalue weighted by atomic mass is 32.2. The number of anilines is 1. The number of benzene rings is 1. The standard InChI is InChI=1S/C13H18N2O5S/c1-21(19,20)12-4-2-3-11(13(12)15(17)18)14-8-9-5-6-10(16)7-9/h2-4,9-10,14,16H,5-8H2,1H3. The molecule has 1 aliphatic rings.